The van der Waals surface area contributed by atoms with Crippen LogP contribution in [0.2, 0.25) is 0 Å². The van der Waals surface area contributed by atoms with E-state index in [0.29, 0.717) is 6.61 Å². The van der Waals surface area contributed by atoms with Crippen molar-refractivity contribution in [1.29, 1.82) is 0 Å². The predicted molar refractivity (Wildman–Crippen MR) is 78.2 cm³/mol. The van der Waals surface area contributed by atoms with Crippen molar-refractivity contribution in [3.8, 4) is 12.0 Å². The number of benzene rings is 1. The fourth-order valence-electron chi connectivity index (χ4n) is 2.56. The summed E-state index contributed by atoms with van der Waals surface area (Å²) in [5.41, 5.74) is 8.18. The Hall–Kier alpha value is -2.37. The van der Waals surface area contributed by atoms with E-state index in [0.717, 1.165) is 19.3 Å². The Bertz CT molecular complexity index is 633. The van der Waals surface area contributed by atoms with E-state index >= 15 is 0 Å². The lowest BCUT2D eigenvalue weighted by Crippen LogP contribution is -2.17. The van der Waals surface area contributed by atoms with Crippen LogP contribution in [0.5, 0.6) is 12.0 Å². The minimum atomic E-state index is -0.0498. The highest BCUT2D eigenvalue weighted by Crippen LogP contribution is 2.32. The van der Waals surface area contributed by atoms with Crippen LogP contribution in [0.15, 0.2) is 24.3 Å². The molecule has 0 radical (unpaired) electrons. The van der Waals surface area contributed by atoms with Crippen LogP contribution in [0.25, 0.3) is 0 Å². The van der Waals surface area contributed by atoms with E-state index in [2.05, 4.69) is 33.2 Å². The molecular weight excluding hydrogens is 268 g/mol. The molecule has 1 aliphatic carbocycles. The second-order valence-electron chi connectivity index (χ2n) is 4.89. The van der Waals surface area contributed by atoms with Crippen LogP contribution in [0, 0.1) is 0 Å². The molecule has 21 heavy (non-hydrogen) atoms. The molecule has 0 fully saturated rings. The van der Waals surface area contributed by atoms with Crippen LogP contribution in [0.1, 0.15) is 37.0 Å². The van der Waals surface area contributed by atoms with Crippen molar-refractivity contribution >= 4 is 5.95 Å². The van der Waals surface area contributed by atoms with Crippen molar-refractivity contribution in [3.05, 3.63) is 35.4 Å². The summed E-state index contributed by atoms with van der Waals surface area (Å²) in [5.74, 6) is 0.104. The highest BCUT2D eigenvalue weighted by Gasteiger charge is 2.22. The number of fused-ring (bicyclic) bond motifs is 1. The van der Waals surface area contributed by atoms with Gasteiger partial charge in [0.15, 0.2) is 0 Å². The van der Waals surface area contributed by atoms with Crippen LogP contribution in [0.3, 0.4) is 0 Å². The molecule has 0 aliphatic heterocycles. The van der Waals surface area contributed by atoms with E-state index in [1.54, 1.807) is 0 Å². The van der Waals surface area contributed by atoms with Crippen LogP contribution in [-0.4, -0.2) is 21.6 Å². The number of nitrogens with two attached hydrogens (primary N) is 1. The Balaban J connectivity index is 1.84. The zero-order chi connectivity index (χ0) is 14.7. The van der Waals surface area contributed by atoms with E-state index < -0.39 is 0 Å². The summed E-state index contributed by atoms with van der Waals surface area (Å²) in [4.78, 5) is 12.1. The molecule has 1 aliphatic rings. The molecule has 0 saturated carbocycles. The van der Waals surface area contributed by atoms with E-state index in [9.17, 15) is 0 Å². The molecule has 110 valence electrons. The van der Waals surface area contributed by atoms with Crippen LogP contribution in [0.4, 0.5) is 5.95 Å². The summed E-state index contributed by atoms with van der Waals surface area (Å²) >= 11 is 0. The van der Waals surface area contributed by atoms with Gasteiger partial charge in [-0.05, 0) is 37.3 Å². The van der Waals surface area contributed by atoms with Gasteiger partial charge in [0.1, 0.15) is 6.10 Å². The predicted octanol–water partition coefficient (Wildman–Crippen LogP) is 2.31. The Labute approximate surface area is 123 Å². The van der Waals surface area contributed by atoms with Gasteiger partial charge >= 0.3 is 12.0 Å². The Morgan fingerprint density at radius 2 is 2.00 bits per heavy atom. The fraction of sp³-hybridized carbons (Fsp3) is 0.400. The zero-order valence-electron chi connectivity index (χ0n) is 12.0. The van der Waals surface area contributed by atoms with Crippen molar-refractivity contribution in [1.82, 2.24) is 15.0 Å². The molecule has 1 atom stereocenters. The molecule has 6 heteroatoms. The third-order valence-electron chi connectivity index (χ3n) is 3.45. The second kappa shape index (κ2) is 5.95. The molecule has 0 saturated heterocycles. The Morgan fingerprint density at radius 1 is 1.19 bits per heavy atom. The molecule has 2 N–H and O–H groups in total. The van der Waals surface area contributed by atoms with Crippen LogP contribution < -0.4 is 15.2 Å². The minimum Gasteiger partial charge on any atom is -0.464 e. The van der Waals surface area contributed by atoms with E-state index in [1.165, 1.54) is 11.1 Å². The fourth-order valence-corrected chi connectivity index (χ4v) is 2.56. The third-order valence-corrected chi connectivity index (χ3v) is 3.45. The summed E-state index contributed by atoms with van der Waals surface area (Å²) in [6.07, 6.45) is 3.05. The van der Waals surface area contributed by atoms with Crippen LogP contribution in [-0.2, 0) is 6.42 Å². The van der Waals surface area contributed by atoms with Crippen molar-refractivity contribution in [2.24, 2.45) is 0 Å². The number of aryl methyl sites for hydroxylation is 1. The van der Waals surface area contributed by atoms with Gasteiger partial charge < -0.3 is 15.2 Å². The van der Waals surface area contributed by atoms with Gasteiger partial charge in [-0.3, -0.25) is 0 Å². The van der Waals surface area contributed by atoms with E-state index in [4.69, 9.17) is 15.2 Å². The largest absolute Gasteiger partial charge is 0.464 e. The van der Waals surface area contributed by atoms with Gasteiger partial charge in [0, 0.05) is 0 Å². The molecule has 1 heterocycles. The number of nitrogen functional groups attached to an aromatic ring is 1. The van der Waals surface area contributed by atoms with Gasteiger partial charge in [0.05, 0.1) is 6.61 Å². The smallest absolute Gasteiger partial charge is 0.325 e. The first-order chi connectivity index (χ1) is 10.3. The van der Waals surface area contributed by atoms with Gasteiger partial charge in [-0.25, -0.2) is 0 Å². The number of aromatic nitrogens is 3. The number of anilines is 1. The average Bonchev–Trinajstić information content (AvgIpc) is 2.47. The lowest BCUT2D eigenvalue weighted by atomic mass is 9.89. The lowest BCUT2D eigenvalue weighted by molar-refractivity contribution is 0.164. The van der Waals surface area contributed by atoms with Gasteiger partial charge in [-0.1, -0.05) is 24.3 Å². The van der Waals surface area contributed by atoms with E-state index in [1.807, 2.05) is 13.0 Å². The summed E-state index contributed by atoms with van der Waals surface area (Å²) < 4.78 is 11.2. The lowest BCUT2D eigenvalue weighted by Gasteiger charge is -2.25. The topological polar surface area (TPSA) is 83.2 Å². The molecule has 1 unspecified atom stereocenters. The molecule has 1 aromatic heterocycles. The number of nitrogens with zero attached hydrogens (tertiary/aromatic N) is 3. The first-order valence-corrected chi connectivity index (χ1v) is 7.15. The molecule has 0 spiro atoms. The van der Waals surface area contributed by atoms with Gasteiger partial charge in [-0.15, -0.1) is 4.98 Å². The number of hydrogen-bond donors (Lipinski definition) is 1. The van der Waals surface area contributed by atoms with Crippen LogP contribution >= 0.6 is 0 Å². The molecule has 2 aromatic rings. The molecule has 3 rings (SSSR count). The third kappa shape index (κ3) is 3.04. The van der Waals surface area contributed by atoms with Crippen molar-refractivity contribution in [2.75, 3.05) is 12.3 Å². The van der Waals surface area contributed by atoms with Gasteiger partial charge in [0.2, 0.25) is 5.95 Å². The SMILES string of the molecule is CCOc1nc(N)nc(OC2CCCc3ccccc32)n1. The quantitative estimate of drug-likeness (QED) is 0.928. The normalized spacial score (nSPS) is 17.1. The molecule has 6 nitrogen and oxygen atoms in total. The van der Waals surface area contributed by atoms with Crippen molar-refractivity contribution in [2.45, 2.75) is 32.3 Å². The van der Waals surface area contributed by atoms with Gasteiger partial charge in [-0.2, -0.15) is 9.97 Å². The maximum Gasteiger partial charge on any atom is 0.325 e. The van der Waals surface area contributed by atoms with E-state index in [-0.39, 0.29) is 24.1 Å². The summed E-state index contributed by atoms with van der Waals surface area (Å²) in [6, 6.07) is 8.71. The first kappa shape index (κ1) is 13.6. The van der Waals surface area contributed by atoms with Crippen molar-refractivity contribution in [3.63, 3.8) is 0 Å². The Kier molecular flexibility index (Phi) is 3.85. The monoisotopic (exact) mass is 286 g/mol. The highest BCUT2D eigenvalue weighted by molar-refractivity contribution is 5.32. The summed E-state index contributed by atoms with van der Waals surface area (Å²) in [5, 5.41) is 0. The van der Waals surface area contributed by atoms with Gasteiger partial charge in [0.25, 0.3) is 0 Å². The molecule has 0 amide bonds. The highest BCUT2D eigenvalue weighted by atomic mass is 16.5. The second-order valence-corrected chi connectivity index (χ2v) is 4.89. The maximum atomic E-state index is 5.93. The first-order valence-electron chi connectivity index (χ1n) is 7.15. The average molecular weight is 286 g/mol. The number of ether oxygens (including phenoxy) is 2. The minimum absolute atomic E-state index is 0.0498. The number of hydrogen-bond acceptors (Lipinski definition) is 6. The molecule has 1 aromatic carbocycles. The Morgan fingerprint density at radius 3 is 2.86 bits per heavy atom. The maximum absolute atomic E-state index is 5.93. The summed E-state index contributed by atoms with van der Waals surface area (Å²) in [7, 11) is 0. The standard InChI is InChI=1S/C15H18N4O2/c1-2-20-14-17-13(16)18-15(19-14)21-12-9-5-7-10-6-3-4-8-11(10)12/h3-4,6,8,12H,2,5,7,9H2,1H3,(H2,16,17,18,19). The molecule has 0 bridgehead atoms. The van der Waals surface area contributed by atoms with Crippen molar-refractivity contribution < 1.29 is 9.47 Å². The number of rotatable bonds is 4. The zero-order valence-corrected chi connectivity index (χ0v) is 12.0. The summed E-state index contributed by atoms with van der Waals surface area (Å²) in [6.45, 7) is 2.33. The molecular formula is C15H18N4O2.